The fourth-order valence-corrected chi connectivity index (χ4v) is 2.45. The van der Waals surface area contributed by atoms with Gasteiger partial charge in [-0.2, -0.15) is 5.26 Å². The lowest BCUT2D eigenvalue weighted by atomic mass is 10.1. The lowest BCUT2D eigenvalue weighted by molar-refractivity contribution is 0.580. The molecule has 0 unspecified atom stereocenters. The summed E-state index contributed by atoms with van der Waals surface area (Å²) < 4.78 is 26.6. The van der Waals surface area contributed by atoms with E-state index in [4.69, 9.17) is 5.26 Å². The van der Waals surface area contributed by atoms with Crippen LogP contribution in [0.1, 0.15) is 11.1 Å². The number of nitrogens with one attached hydrogen (secondary N) is 2. The maximum atomic E-state index is 12.1. The minimum absolute atomic E-state index is 0.00450. The smallest absolute Gasteiger partial charge is 0.243 e. The zero-order valence-electron chi connectivity index (χ0n) is 11.2. The molecule has 0 bridgehead atoms. The van der Waals surface area contributed by atoms with Gasteiger partial charge < -0.3 is 5.32 Å². The number of aromatic nitrogens is 2. The number of anilines is 1. The molecule has 0 spiro atoms. The van der Waals surface area contributed by atoms with E-state index in [2.05, 4.69) is 20.0 Å². The summed E-state index contributed by atoms with van der Waals surface area (Å²) in [6, 6.07) is 8.66. The van der Waals surface area contributed by atoms with Gasteiger partial charge in [0.2, 0.25) is 16.0 Å². The van der Waals surface area contributed by atoms with Crippen LogP contribution in [0.15, 0.2) is 41.6 Å². The van der Waals surface area contributed by atoms with Gasteiger partial charge in [-0.3, -0.25) is 0 Å². The molecule has 2 N–H and O–H groups in total. The molecular weight excluding hydrogens is 290 g/mol. The number of nitriles is 1. The molecule has 0 amide bonds. The Balaban J connectivity index is 2.08. The normalized spacial score (nSPS) is 10.9. The Morgan fingerprint density at radius 3 is 2.33 bits per heavy atom. The molecule has 21 heavy (non-hydrogen) atoms. The van der Waals surface area contributed by atoms with E-state index >= 15 is 0 Å². The molecule has 0 fully saturated rings. The highest BCUT2D eigenvalue weighted by Gasteiger charge is 2.14. The van der Waals surface area contributed by atoms with Crippen LogP contribution in [0.25, 0.3) is 0 Å². The Morgan fingerprint density at radius 2 is 1.81 bits per heavy atom. The number of nitrogens with zero attached hydrogens (tertiary/aromatic N) is 3. The molecule has 0 radical (unpaired) electrons. The van der Waals surface area contributed by atoms with E-state index in [-0.39, 0.29) is 11.4 Å². The third kappa shape index (κ3) is 3.75. The van der Waals surface area contributed by atoms with Crippen LogP contribution in [0.5, 0.6) is 0 Å². The van der Waals surface area contributed by atoms with Crippen molar-refractivity contribution in [3.63, 3.8) is 0 Å². The lowest BCUT2D eigenvalue weighted by Crippen LogP contribution is -2.23. The van der Waals surface area contributed by atoms with E-state index in [0.717, 1.165) is 5.56 Å². The highest BCUT2D eigenvalue weighted by Crippen LogP contribution is 2.09. The van der Waals surface area contributed by atoms with Gasteiger partial charge in [-0.15, -0.1) is 0 Å². The molecule has 1 heterocycles. The molecule has 0 aliphatic rings. The van der Waals surface area contributed by atoms with Gasteiger partial charge in [0.05, 0.1) is 24.0 Å². The second kappa shape index (κ2) is 6.30. The van der Waals surface area contributed by atoms with Crippen molar-refractivity contribution in [3.05, 3.63) is 47.8 Å². The fourth-order valence-electron chi connectivity index (χ4n) is 1.54. The van der Waals surface area contributed by atoms with Crippen LogP contribution in [0.3, 0.4) is 0 Å². The van der Waals surface area contributed by atoms with Gasteiger partial charge in [0.15, 0.2) is 0 Å². The van der Waals surface area contributed by atoms with Crippen LogP contribution >= 0.6 is 0 Å². The minimum atomic E-state index is -3.67. The van der Waals surface area contributed by atoms with Crippen molar-refractivity contribution >= 4 is 16.0 Å². The molecule has 7 nitrogen and oxygen atoms in total. The second-order valence-electron chi connectivity index (χ2n) is 4.13. The summed E-state index contributed by atoms with van der Waals surface area (Å²) in [5, 5.41) is 11.4. The molecule has 2 rings (SSSR count). The van der Waals surface area contributed by atoms with Crippen molar-refractivity contribution in [1.82, 2.24) is 14.7 Å². The average molecular weight is 303 g/mol. The van der Waals surface area contributed by atoms with Gasteiger partial charge in [0.1, 0.15) is 4.90 Å². The number of rotatable bonds is 5. The monoisotopic (exact) mass is 303 g/mol. The highest BCUT2D eigenvalue weighted by atomic mass is 32.2. The standard InChI is InChI=1S/C13H13N5O2S/c1-15-13-16-8-12(9-17-13)21(19,20)18-7-11-4-2-10(6-14)3-5-11/h2-5,8-9,18H,7H2,1H3,(H,15,16,17). The van der Waals surface area contributed by atoms with Crippen molar-refractivity contribution in [2.75, 3.05) is 12.4 Å². The molecule has 1 aromatic heterocycles. The van der Waals surface area contributed by atoms with Gasteiger partial charge in [-0.25, -0.2) is 23.1 Å². The molecular formula is C13H13N5O2S. The summed E-state index contributed by atoms with van der Waals surface area (Å²) in [6.07, 6.45) is 2.47. The molecule has 0 aliphatic carbocycles. The van der Waals surface area contributed by atoms with Crippen LogP contribution in [0.2, 0.25) is 0 Å². The van der Waals surface area contributed by atoms with Crippen molar-refractivity contribution < 1.29 is 8.42 Å². The summed E-state index contributed by atoms with van der Waals surface area (Å²) in [5.74, 6) is 0.348. The molecule has 108 valence electrons. The topological polar surface area (TPSA) is 108 Å². The zero-order chi connectivity index (χ0) is 15.3. The summed E-state index contributed by atoms with van der Waals surface area (Å²) in [6.45, 7) is 0.127. The Bertz CT molecular complexity index is 749. The van der Waals surface area contributed by atoms with Crippen molar-refractivity contribution in [1.29, 1.82) is 5.26 Å². The molecule has 1 aromatic carbocycles. The quantitative estimate of drug-likeness (QED) is 0.848. The maximum Gasteiger partial charge on any atom is 0.243 e. The van der Waals surface area contributed by atoms with Gasteiger partial charge in [-0.1, -0.05) is 12.1 Å². The minimum Gasteiger partial charge on any atom is -0.357 e. The first kappa shape index (κ1) is 14.9. The first-order valence-corrected chi connectivity index (χ1v) is 7.52. The Labute approximate surface area is 122 Å². The Kier molecular flexibility index (Phi) is 4.47. The molecule has 0 saturated carbocycles. The number of benzene rings is 1. The summed E-state index contributed by atoms with van der Waals surface area (Å²) >= 11 is 0. The first-order valence-electron chi connectivity index (χ1n) is 6.03. The molecule has 0 saturated heterocycles. The number of sulfonamides is 1. The lowest BCUT2D eigenvalue weighted by Gasteiger charge is -2.07. The third-order valence-electron chi connectivity index (χ3n) is 2.71. The zero-order valence-corrected chi connectivity index (χ0v) is 12.1. The van der Waals surface area contributed by atoms with Gasteiger partial charge in [0.25, 0.3) is 0 Å². The van der Waals surface area contributed by atoms with E-state index in [1.807, 2.05) is 6.07 Å². The first-order chi connectivity index (χ1) is 10.0. The summed E-state index contributed by atoms with van der Waals surface area (Å²) in [4.78, 5) is 7.72. The van der Waals surface area contributed by atoms with Gasteiger partial charge >= 0.3 is 0 Å². The fraction of sp³-hybridized carbons (Fsp3) is 0.154. The molecule has 0 atom stereocenters. The van der Waals surface area contributed by atoms with Crippen LogP contribution in [0.4, 0.5) is 5.95 Å². The van der Waals surface area contributed by atoms with E-state index in [0.29, 0.717) is 11.5 Å². The predicted octanol–water partition coefficient (Wildman–Crippen LogP) is 0.868. The average Bonchev–Trinajstić information content (AvgIpc) is 2.53. The SMILES string of the molecule is CNc1ncc(S(=O)(=O)NCc2ccc(C#N)cc2)cn1. The molecule has 8 heteroatoms. The third-order valence-corrected chi connectivity index (χ3v) is 4.07. The van der Waals surface area contributed by atoms with Gasteiger partial charge in [-0.05, 0) is 17.7 Å². The van der Waals surface area contributed by atoms with Crippen LogP contribution in [-0.4, -0.2) is 25.4 Å². The van der Waals surface area contributed by atoms with Crippen LogP contribution in [-0.2, 0) is 16.6 Å². The highest BCUT2D eigenvalue weighted by molar-refractivity contribution is 7.89. The van der Waals surface area contributed by atoms with Crippen molar-refractivity contribution in [2.45, 2.75) is 11.4 Å². The second-order valence-corrected chi connectivity index (χ2v) is 5.89. The Hall–Kier alpha value is -2.50. The molecule has 2 aromatic rings. The van der Waals surface area contributed by atoms with E-state index in [1.54, 1.807) is 31.3 Å². The molecule has 0 aliphatic heterocycles. The van der Waals surface area contributed by atoms with Crippen LogP contribution < -0.4 is 10.0 Å². The Morgan fingerprint density at radius 1 is 1.19 bits per heavy atom. The largest absolute Gasteiger partial charge is 0.357 e. The van der Waals surface area contributed by atoms with E-state index in [1.165, 1.54) is 12.4 Å². The van der Waals surface area contributed by atoms with Crippen molar-refractivity contribution in [2.24, 2.45) is 0 Å². The predicted molar refractivity (Wildman–Crippen MR) is 76.8 cm³/mol. The maximum absolute atomic E-state index is 12.1. The number of hydrogen-bond donors (Lipinski definition) is 2. The van der Waals surface area contributed by atoms with E-state index in [9.17, 15) is 8.42 Å². The number of hydrogen-bond acceptors (Lipinski definition) is 6. The van der Waals surface area contributed by atoms with E-state index < -0.39 is 10.0 Å². The van der Waals surface area contributed by atoms with Crippen molar-refractivity contribution in [3.8, 4) is 6.07 Å². The van der Waals surface area contributed by atoms with Gasteiger partial charge in [0, 0.05) is 13.6 Å². The van der Waals surface area contributed by atoms with Crippen LogP contribution in [0, 0.1) is 11.3 Å². The summed E-state index contributed by atoms with van der Waals surface area (Å²) in [7, 11) is -2.02. The summed E-state index contributed by atoms with van der Waals surface area (Å²) in [5.41, 5.74) is 1.28.